The Balaban J connectivity index is 2.33. The first-order chi connectivity index (χ1) is 14.3. The van der Waals surface area contributed by atoms with Crippen LogP contribution in [-0.2, 0) is 24.8 Å². The lowest BCUT2D eigenvalue weighted by atomic mass is 10.1. The van der Waals surface area contributed by atoms with E-state index in [4.69, 9.17) is 28.4 Å². The van der Waals surface area contributed by atoms with Gasteiger partial charge in [0.2, 0.25) is 20.0 Å². The Morgan fingerprint density at radius 2 is 1.58 bits per heavy atom. The second kappa shape index (κ2) is 9.82. The van der Waals surface area contributed by atoms with Gasteiger partial charge in [0.25, 0.3) is 5.91 Å². The molecule has 0 saturated heterocycles. The van der Waals surface area contributed by atoms with Gasteiger partial charge in [-0.25, -0.2) is 27.0 Å². The van der Waals surface area contributed by atoms with E-state index in [0.717, 1.165) is 11.6 Å². The number of hydroxylamine groups is 1. The molecule has 0 spiro atoms. The number of nitrogens with one attached hydrogen (secondary N) is 3. The summed E-state index contributed by atoms with van der Waals surface area (Å²) in [5.41, 5.74) is 3.07. The minimum absolute atomic E-state index is 0.0467. The normalized spacial score (nSPS) is 13.1. The quantitative estimate of drug-likeness (QED) is 0.316. The lowest BCUT2D eigenvalue weighted by Gasteiger charge is -2.20. The highest BCUT2D eigenvalue weighted by molar-refractivity contribution is 7.90. The van der Waals surface area contributed by atoms with Crippen molar-refractivity contribution in [3.63, 3.8) is 0 Å². The lowest BCUT2D eigenvalue weighted by molar-refractivity contribution is -0.130. The van der Waals surface area contributed by atoms with Crippen molar-refractivity contribution in [1.29, 1.82) is 0 Å². The standard InChI is InChI=1S/C18H21Cl2N3O6S2/c1-10-6-11(2)17(12(3)7-10)31(28,29)23-15(18(24)22-25)9-21-30(26,27)16-8-13(19)4-5-14(16)20/h4-8,15,21,23,25H,9H2,1-3H3,(H,22,24). The van der Waals surface area contributed by atoms with E-state index in [1.54, 1.807) is 26.0 Å². The molecule has 0 fully saturated rings. The third-order valence-corrected chi connectivity index (χ3v) is 8.17. The molecule has 4 N–H and O–H groups in total. The molecule has 0 radical (unpaired) electrons. The Hall–Kier alpha value is -1.73. The summed E-state index contributed by atoms with van der Waals surface area (Å²) in [7, 11) is -8.50. The third kappa shape index (κ3) is 6.16. The van der Waals surface area contributed by atoms with Gasteiger partial charge in [0, 0.05) is 11.6 Å². The maximum Gasteiger partial charge on any atom is 0.262 e. The smallest absolute Gasteiger partial charge is 0.262 e. The van der Waals surface area contributed by atoms with E-state index in [9.17, 15) is 21.6 Å². The van der Waals surface area contributed by atoms with E-state index in [1.807, 2.05) is 6.92 Å². The summed E-state index contributed by atoms with van der Waals surface area (Å²) < 4.78 is 55.2. The van der Waals surface area contributed by atoms with Crippen LogP contribution in [0.15, 0.2) is 40.1 Å². The molecule has 2 aromatic rings. The van der Waals surface area contributed by atoms with E-state index >= 15 is 0 Å². The van der Waals surface area contributed by atoms with Crippen molar-refractivity contribution < 1.29 is 26.8 Å². The second-order valence-corrected chi connectivity index (χ2v) is 11.0. The highest BCUT2D eigenvalue weighted by Crippen LogP contribution is 2.25. The summed E-state index contributed by atoms with van der Waals surface area (Å²) in [6.07, 6.45) is 0. The molecule has 0 aromatic heterocycles. The Kier molecular flexibility index (Phi) is 8.09. The molecule has 0 bridgehead atoms. The lowest BCUT2D eigenvalue weighted by Crippen LogP contribution is -2.52. The maximum absolute atomic E-state index is 12.9. The van der Waals surface area contributed by atoms with Crippen LogP contribution in [-0.4, -0.2) is 40.5 Å². The molecule has 0 aliphatic carbocycles. The first kappa shape index (κ1) is 25.5. The molecule has 0 heterocycles. The summed E-state index contributed by atoms with van der Waals surface area (Å²) in [6.45, 7) is 4.29. The number of halogens is 2. The number of benzene rings is 2. The van der Waals surface area contributed by atoms with Gasteiger partial charge in [-0.15, -0.1) is 0 Å². The molecule has 0 aliphatic rings. The highest BCUT2D eigenvalue weighted by atomic mass is 35.5. The average Bonchev–Trinajstić information content (AvgIpc) is 2.65. The summed E-state index contributed by atoms with van der Waals surface area (Å²) in [5, 5.41) is 8.99. The number of rotatable bonds is 8. The van der Waals surface area contributed by atoms with Crippen LogP contribution < -0.4 is 14.9 Å². The van der Waals surface area contributed by atoms with Crippen LogP contribution in [0.25, 0.3) is 0 Å². The van der Waals surface area contributed by atoms with E-state index < -0.39 is 38.5 Å². The van der Waals surface area contributed by atoms with Gasteiger partial charge >= 0.3 is 0 Å². The van der Waals surface area contributed by atoms with Crippen LogP contribution in [0.5, 0.6) is 0 Å². The zero-order valence-corrected chi connectivity index (χ0v) is 19.9. The molecule has 1 unspecified atom stereocenters. The van der Waals surface area contributed by atoms with E-state index in [1.165, 1.54) is 17.6 Å². The molecule has 9 nitrogen and oxygen atoms in total. The van der Waals surface area contributed by atoms with E-state index in [0.29, 0.717) is 11.1 Å². The summed E-state index contributed by atoms with van der Waals surface area (Å²) >= 11 is 11.7. The molecule has 13 heteroatoms. The fraction of sp³-hybridized carbons (Fsp3) is 0.278. The average molecular weight is 510 g/mol. The molecule has 1 atom stereocenters. The fourth-order valence-corrected chi connectivity index (χ4v) is 6.51. The maximum atomic E-state index is 12.9. The third-order valence-electron chi connectivity index (χ3n) is 4.26. The largest absolute Gasteiger partial charge is 0.289 e. The predicted octanol–water partition coefficient (Wildman–Crippen LogP) is 2.05. The van der Waals surface area contributed by atoms with Crippen LogP contribution in [0.4, 0.5) is 0 Å². The van der Waals surface area contributed by atoms with Gasteiger partial charge in [0.1, 0.15) is 10.9 Å². The van der Waals surface area contributed by atoms with Crippen LogP contribution in [0.1, 0.15) is 16.7 Å². The zero-order valence-electron chi connectivity index (χ0n) is 16.7. The Bertz CT molecular complexity index is 1190. The Morgan fingerprint density at radius 1 is 1.00 bits per heavy atom. The van der Waals surface area contributed by atoms with E-state index in [-0.39, 0.29) is 19.8 Å². The molecule has 0 saturated carbocycles. The van der Waals surface area contributed by atoms with Gasteiger partial charge in [-0.3, -0.25) is 10.0 Å². The molecule has 2 rings (SSSR count). The van der Waals surface area contributed by atoms with Gasteiger partial charge in [-0.1, -0.05) is 40.9 Å². The Labute approximate surface area is 190 Å². The molecular weight excluding hydrogens is 489 g/mol. The van der Waals surface area contributed by atoms with E-state index in [2.05, 4.69) is 9.44 Å². The van der Waals surface area contributed by atoms with Gasteiger partial charge in [-0.2, -0.15) is 4.72 Å². The van der Waals surface area contributed by atoms with Crippen LogP contribution >= 0.6 is 23.2 Å². The molecule has 0 aliphatic heterocycles. The molecule has 1 amide bonds. The minimum Gasteiger partial charge on any atom is -0.289 e. The van der Waals surface area contributed by atoms with Crippen molar-refractivity contribution in [2.75, 3.05) is 6.54 Å². The number of carbonyl (C=O) groups excluding carboxylic acids is 1. The van der Waals surface area contributed by atoms with Crippen LogP contribution in [0.3, 0.4) is 0 Å². The molecule has 170 valence electrons. The van der Waals surface area contributed by atoms with Crippen molar-refractivity contribution in [2.24, 2.45) is 0 Å². The van der Waals surface area contributed by atoms with Gasteiger partial charge < -0.3 is 0 Å². The topological polar surface area (TPSA) is 142 Å². The zero-order chi connectivity index (χ0) is 23.6. The minimum atomic E-state index is -4.26. The van der Waals surface area contributed by atoms with Crippen molar-refractivity contribution in [2.45, 2.75) is 36.6 Å². The SMILES string of the molecule is Cc1cc(C)c(S(=O)(=O)NC(CNS(=O)(=O)c2cc(Cl)ccc2Cl)C(=O)NO)c(C)c1. The van der Waals surface area contributed by atoms with Crippen LogP contribution in [0, 0.1) is 20.8 Å². The van der Waals surface area contributed by atoms with Gasteiger partial charge in [-0.05, 0) is 50.1 Å². The first-order valence-electron chi connectivity index (χ1n) is 8.77. The Morgan fingerprint density at radius 3 is 2.13 bits per heavy atom. The van der Waals surface area contributed by atoms with Gasteiger partial charge in [0.05, 0.1) is 9.92 Å². The second-order valence-electron chi connectivity index (χ2n) is 6.80. The van der Waals surface area contributed by atoms with Crippen molar-refractivity contribution in [3.05, 3.63) is 57.1 Å². The molecular formula is C18H21Cl2N3O6S2. The number of hydrogen-bond donors (Lipinski definition) is 4. The van der Waals surface area contributed by atoms with Crippen molar-refractivity contribution in [3.8, 4) is 0 Å². The number of aryl methyl sites for hydroxylation is 3. The fourth-order valence-electron chi connectivity index (χ4n) is 3.06. The highest BCUT2D eigenvalue weighted by Gasteiger charge is 2.30. The van der Waals surface area contributed by atoms with Crippen molar-refractivity contribution in [1.82, 2.24) is 14.9 Å². The predicted molar refractivity (Wildman–Crippen MR) is 116 cm³/mol. The number of amides is 1. The summed E-state index contributed by atoms with van der Waals surface area (Å²) in [6, 6.07) is 5.44. The molecule has 2 aromatic carbocycles. The monoisotopic (exact) mass is 509 g/mol. The number of carbonyl (C=O) groups is 1. The number of sulfonamides is 2. The first-order valence-corrected chi connectivity index (χ1v) is 12.5. The summed E-state index contributed by atoms with van der Waals surface area (Å²) in [4.78, 5) is 11.7. The molecule has 31 heavy (non-hydrogen) atoms. The van der Waals surface area contributed by atoms with Crippen LogP contribution in [0.2, 0.25) is 10.0 Å². The number of hydrogen-bond acceptors (Lipinski definition) is 6. The van der Waals surface area contributed by atoms with Gasteiger partial charge in [0.15, 0.2) is 0 Å². The van der Waals surface area contributed by atoms with Crippen molar-refractivity contribution >= 4 is 49.2 Å². The summed E-state index contributed by atoms with van der Waals surface area (Å²) in [5.74, 6) is -1.16.